The van der Waals surface area contributed by atoms with Crippen molar-refractivity contribution in [2.45, 2.75) is 39.0 Å². The van der Waals surface area contributed by atoms with E-state index in [4.69, 9.17) is 0 Å². The molecule has 0 bridgehead atoms. The molecule has 2 heterocycles. The third-order valence-electron chi connectivity index (χ3n) is 5.20. The zero-order valence-electron chi connectivity index (χ0n) is 13.4. The maximum atomic E-state index is 12.4. The summed E-state index contributed by atoms with van der Waals surface area (Å²) in [4.78, 5) is 14.5. The summed E-state index contributed by atoms with van der Waals surface area (Å²) in [5.74, 6) is 0.339. The van der Waals surface area contributed by atoms with Crippen molar-refractivity contribution in [1.82, 2.24) is 10.2 Å². The fourth-order valence-corrected chi connectivity index (χ4v) is 3.68. The van der Waals surface area contributed by atoms with E-state index in [0.717, 1.165) is 32.6 Å². The molecule has 2 saturated heterocycles. The summed E-state index contributed by atoms with van der Waals surface area (Å²) in [6.07, 6.45) is 5.18. The molecule has 3 nitrogen and oxygen atoms in total. The largest absolute Gasteiger partial charge is 0.342 e. The number of halogens is 1. The second kappa shape index (κ2) is 7.47. The molecule has 1 aromatic carbocycles. The molecule has 0 radical (unpaired) electrons. The van der Waals surface area contributed by atoms with Crippen LogP contribution in [0.1, 0.15) is 36.8 Å². The number of hydrogen-bond donors (Lipinski definition) is 1. The standard InChI is InChI=1S/C18H26N2O.ClH/c1-15-2-4-16(5-3-15)6-7-17(21)20-13-10-18(14-20)8-11-19-12-9-18;/h2-5,19H,6-14H2,1H3;1H. The lowest BCUT2D eigenvalue weighted by Gasteiger charge is -2.33. The van der Waals surface area contributed by atoms with Crippen molar-refractivity contribution in [1.29, 1.82) is 0 Å². The van der Waals surface area contributed by atoms with E-state index in [-0.39, 0.29) is 12.4 Å². The van der Waals surface area contributed by atoms with Gasteiger partial charge in [-0.15, -0.1) is 12.4 Å². The molecule has 0 aliphatic carbocycles. The van der Waals surface area contributed by atoms with Gasteiger partial charge in [-0.3, -0.25) is 4.79 Å². The van der Waals surface area contributed by atoms with Gasteiger partial charge in [0.2, 0.25) is 5.91 Å². The van der Waals surface area contributed by atoms with Crippen LogP contribution in [0.5, 0.6) is 0 Å². The molecule has 0 aromatic heterocycles. The van der Waals surface area contributed by atoms with Gasteiger partial charge < -0.3 is 10.2 Å². The molecule has 0 unspecified atom stereocenters. The fourth-order valence-electron chi connectivity index (χ4n) is 3.68. The molecule has 1 aromatic rings. The Morgan fingerprint density at radius 3 is 2.55 bits per heavy atom. The highest BCUT2D eigenvalue weighted by Gasteiger charge is 2.40. The van der Waals surface area contributed by atoms with Crippen LogP contribution in [-0.4, -0.2) is 37.0 Å². The Bertz CT molecular complexity index is 494. The number of aryl methyl sites for hydroxylation is 2. The second-order valence-electron chi connectivity index (χ2n) is 6.80. The van der Waals surface area contributed by atoms with E-state index in [1.807, 2.05) is 0 Å². The Kier molecular flexibility index (Phi) is 5.87. The van der Waals surface area contributed by atoms with Crippen molar-refractivity contribution in [3.8, 4) is 0 Å². The number of carbonyl (C=O) groups is 1. The highest BCUT2D eigenvalue weighted by atomic mass is 35.5. The third kappa shape index (κ3) is 4.02. The van der Waals surface area contributed by atoms with Crippen molar-refractivity contribution in [2.24, 2.45) is 5.41 Å². The summed E-state index contributed by atoms with van der Waals surface area (Å²) in [6, 6.07) is 8.53. The number of hydrogen-bond acceptors (Lipinski definition) is 2. The van der Waals surface area contributed by atoms with Gasteiger partial charge in [0.25, 0.3) is 0 Å². The van der Waals surface area contributed by atoms with Crippen LogP contribution in [0.15, 0.2) is 24.3 Å². The number of amides is 1. The summed E-state index contributed by atoms with van der Waals surface area (Å²) in [5.41, 5.74) is 2.97. The van der Waals surface area contributed by atoms with Crippen LogP contribution in [0.3, 0.4) is 0 Å². The fraction of sp³-hybridized carbons (Fsp3) is 0.611. The lowest BCUT2D eigenvalue weighted by molar-refractivity contribution is -0.130. The zero-order valence-corrected chi connectivity index (χ0v) is 14.3. The first-order chi connectivity index (χ1) is 10.2. The smallest absolute Gasteiger partial charge is 0.222 e. The second-order valence-corrected chi connectivity index (χ2v) is 6.80. The van der Waals surface area contributed by atoms with Crippen LogP contribution < -0.4 is 5.32 Å². The highest BCUT2D eigenvalue weighted by molar-refractivity contribution is 5.85. The molecule has 1 N–H and O–H groups in total. The predicted molar refractivity (Wildman–Crippen MR) is 92.5 cm³/mol. The van der Waals surface area contributed by atoms with Crippen LogP contribution in [0.25, 0.3) is 0 Å². The van der Waals surface area contributed by atoms with Crippen LogP contribution in [0.4, 0.5) is 0 Å². The first kappa shape index (κ1) is 17.3. The van der Waals surface area contributed by atoms with Gasteiger partial charge in [-0.25, -0.2) is 0 Å². The normalized spacial score (nSPS) is 20.0. The van der Waals surface area contributed by atoms with Crippen molar-refractivity contribution in [3.05, 3.63) is 35.4 Å². The number of benzene rings is 1. The molecule has 3 rings (SSSR count). The molecule has 2 aliphatic heterocycles. The van der Waals surface area contributed by atoms with Gasteiger partial charge in [-0.2, -0.15) is 0 Å². The third-order valence-corrected chi connectivity index (χ3v) is 5.20. The number of nitrogens with one attached hydrogen (secondary N) is 1. The first-order valence-corrected chi connectivity index (χ1v) is 8.21. The maximum absolute atomic E-state index is 12.4. The van der Waals surface area contributed by atoms with Gasteiger partial charge in [0.1, 0.15) is 0 Å². The Labute approximate surface area is 139 Å². The van der Waals surface area contributed by atoms with E-state index in [0.29, 0.717) is 17.7 Å². The van der Waals surface area contributed by atoms with E-state index in [2.05, 4.69) is 41.4 Å². The van der Waals surface area contributed by atoms with Crippen LogP contribution in [0, 0.1) is 12.3 Å². The van der Waals surface area contributed by atoms with Gasteiger partial charge in [0.15, 0.2) is 0 Å². The van der Waals surface area contributed by atoms with Gasteiger partial charge in [0.05, 0.1) is 0 Å². The SMILES string of the molecule is Cc1ccc(CCC(=O)N2CCC3(CCNCC3)C2)cc1.Cl. The van der Waals surface area contributed by atoms with Gasteiger partial charge in [0, 0.05) is 19.5 Å². The number of carbonyl (C=O) groups excluding carboxylic acids is 1. The van der Waals surface area contributed by atoms with Crippen molar-refractivity contribution >= 4 is 18.3 Å². The molecular weight excluding hydrogens is 296 g/mol. The summed E-state index contributed by atoms with van der Waals surface area (Å²) >= 11 is 0. The monoisotopic (exact) mass is 322 g/mol. The minimum atomic E-state index is 0. The molecule has 2 aliphatic rings. The highest BCUT2D eigenvalue weighted by Crippen LogP contribution is 2.38. The van der Waals surface area contributed by atoms with E-state index >= 15 is 0 Å². The molecular formula is C18H27ClN2O. The Balaban J connectivity index is 0.00000176. The molecule has 2 fully saturated rings. The predicted octanol–water partition coefficient (Wildman–Crippen LogP) is 2.95. The molecule has 1 spiro atoms. The van der Waals surface area contributed by atoms with Crippen LogP contribution in [0.2, 0.25) is 0 Å². The Morgan fingerprint density at radius 1 is 1.18 bits per heavy atom. The molecule has 4 heteroatoms. The Morgan fingerprint density at radius 2 is 1.86 bits per heavy atom. The zero-order chi connectivity index (χ0) is 14.7. The van der Waals surface area contributed by atoms with E-state index in [9.17, 15) is 4.79 Å². The average molecular weight is 323 g/mol. The van der Waals surface area contributed by atoms with E-state index in [1.54, 1.807) is 0 Å². The van der Waals surface area contributed by atoms with Crippen molar-refractivity contribution in [2.75, 3.05) is 26.2 Å². The quantitative estimate of drug-likeness (QED) is 0.928. The lowest BCUT2D eigenvalue weighted by atomic mass is 9.78. The molecule has 122 valence electrons. The number of nitrogens with zero attached hydrogens (tertiary/aromatic N) is 1. The summed E-state index contributed by atoms with van der Waals surface area (Å²) in [5, 5.41) is 3.43. The molecule has 0 atom stereocenters. The minimum absolute atomic E-state index is 0. The number of rotatable bonds is 3. The van der Waals surface area contributed by atoms with Crippen LogP contribution in [-0.2, 0) is 11.2 Å². The van der Waals surface area contributed by atoms with Crippen molar-refractivity contribution < 1.29 is 4.79 Å². The summed E-state index contributed by atoms with van der Waals surface area (Å²) in [7, 11) is 0. The van der Waals surface area contributed by atoms with E-state index < -0.39 is 0 Å². The Hall–Kier alpha value is -1.06. The molecule has 1 amide bonds. The van der Waals surface area contributed by atoms with Gasteiger partial charge >= 0.3 is 0 Å². The lowest BCUT2D eigenvalue weighted by Crippen LogP contribution is -2.39. The number of likely N-dealkylation sites (tertiary alicyclic amines) is 1. The summed E-state index contributed by atoms with van der Waals surface area (Å²) in [6.45, 7) is 6.28. The maximum Gasteiger partial charge on any atom is 0.222 e. The molecule has 22 heavy (non-hydrogen) atoms. The van der Waals surface area contributed by atoms with E-state index in [1.165, 1.54) is 30.4 Å². The molecule has 0 saturated carbocycles. The minimum Gasteiger partial charge on any atom is -0.342 e. The average Bonchev–Trinajstić information content (AvgIpc) is 2.91. The van der Waals surface area contributed by atoms with Crippen molar-refractivity contribution in [3.63, 3.8) is 0 Å². The van der Waals surface area contributed by atoms with Gasteiger partial charge in [-0.1, -0.05) is 29.8 Å². The van der Waals surface area contributed by atoms with Gasteiger partial charge in [-0.05, 0) is 56.7 Å². The number of piperidine rings is 1. The van der Waals surface area contributed by atoms with Crippen LogP contribution >= 0.6 is 12.4 Å². The first-order valence-electron chi connectivity index (χ1n) is 8.21. The summed E-state index contributed by atoms with van der Waals surface area (Å²) < 4.78 is 0. The topological polar surface area (TPSA) is 32.3 Å².